The Hall–Kier alpha value is -1.74. The first-order valence-electron chi connectivity index (χ1n) is 15.6. The van der Waals surface area contributed by atoms with Crippen LogP contribution in [0.2, 0.25) is 0 Å². The van der Waals surface area contributed by atoms with E-state index < -0.39 is 0 Å². The number of rotatable bonds is 12. The number of benzene rings is 2. The van der Waals surface area contributed by atoms with E-state index in [1.54, 1.807) is 12.1 Å². The van der Waals surface area contributed by atoms with Crippen molar-refractivity contribution in [3.05, 3.63) is 59.2 Å². The van der Waals surface area contributed by atoms with Crippen molar-refractivity contribution < 1.29 is 13.5 Å². The van der Waals surface area contributed by atoms with Crippen LogP contribution in [0, 0.1) is 29.4 Å². The van der Waals surface area contributed by atoms with Gasteiger partial charge in [-0.05, 0) is 110 Å². The van der Waals surface area contributed by atoms with E-state index in [0.29, 0.717) is 23.1 Å². The summed E-state index contributed by atoms with van der Waals surface area (Å²) in [6.45, 7) is 4.47. The number of hydrogen-bond donors (Lipinski definition) is 0. The zero-order valence-corrected chi connectivity index (χ0v) is 24.1. The maximum atomic E-state index is 15.1. The number of methoxy groups -OCH3 is 1. The zero-order valence-electron chi connectivity index (χ0n) is 24.1. The lowest BCUT2D eigenvalue weighted by atomic mass is 9.77. The smallest absolute Gasteiger partial charge is 0.131 e. The molecule has 1 unspecified atom stereocenters. The lowest BCUT2D eigenvalue weighted by Gasteiger charge is -2.32. The minimum atomic E-state index is -0.239. The van der Waals surface area contributed by atoms with Crippen LogP contribution >= 0.6 is 0 Å². The third-order valence-electron chi connectivity index (χ3n) is 9.78. The maximum Gasteiger partial charge on any atom is 0.131 e. The number of hydrogen-bond acceptors (Lipinski definition) is 1. The van der Waals surface area contributed by atoms with E-state index in [2.05, 4.69) is 13.8 Å². The Kier molecular flexibility index (Phi) is 11.2. The van der Waals surface area contributed by atoms with Gasteiger partial charge in [0.15, 0.2) is 0 Å². The average molecular weight is 525 g/mol. The van der Waals surface area contributed by atoms with Crippen molar-refractivity contribution in [1.82, 2.24) is 0 Å². The monoisotopic (exact) mass is 524 g/mol. The fourth-order valence-corrected chi connectivity index (χ4v) is 7.45. The minimum Gasteiger partial charge on any atom is -0.381 e. The van der Waals surface area contributed by atoms with Crippen LogP contribution in [-0.4, -0.2) is 13.2 Å². The molecule has 0 bridgehead atoms. The van der Waals surface area contributed by atoms with Gasteiger partial charge in [0.05, 0.1) is 6.10 Å². The summed E-state index contributed by atoms with van der Waals surface area (Å²) in [6.07, 6.45) is 18.3. The largest absolute Gasteiger partial charge is 0.381 e. The first-order chi connectivity index (χ1) is 18.5. The van der Waals surface area contributed by atoms with E-state index in [1.165, 1.54) is 64.2 Å². The Morgan fingerprint density at radius 2 is 1.50 bits per heavy atom. The van der Waals surface area contributed by atoms with Crippen LogP contribution in [0.3, 0.4) is 0 Å². The molecular weight excluding hydrogens is 474 g/mol. The summed E-state index contributed by atoms with van der Waals surface area (Å²) in [6, 6.07) is 10.9. The van der Waals surface area contributed by atoms with Crippen LogP contribution in [0.5, 0.6) is 0 Å². The molecule has 0 saturated heterocycles. The molecular formula is C35H50F2O. The second kappa shape index (κ2) is 14.6. The summed E-state index contributed by atoms with van der Waals surface area (Å²) in [5.41, 5.74) is 3.01. The molecule has 4 rings (SSSR count). The topological polar surface area (TPSA) is 9.23 Å². The van der Waals surface area contributed by atoms with Gasteiger partial charge in [-0.3, -0.25) is 0 Å². The Labute approximate surface area is 230 Å². The van der Waals surface area contributed by atoms with Gasteiger partial charge in [0, 0.05) is 12.7 Å². The summed E-state index contributed by atoms with van der Waals surface area (Å²) in [5, 5.41) is 0. The van der Waals surface area contributed by atoms with Gasteiger partial charge in [-0.1, -0.05) is 76.6 Å². The van der Waals surface area contributed by atoms with Gasteiger partial charge >= 0.3 is 0 Å². The van der Waals surface area contributed by atoms with Gasteiger partial charge in [0.25, 0.3) is 0 Å². The molecule has 2 aromatic carbocycles. The van der Waals surface area contributed by atoms with Crippen LogP contribution in [0.4, 0.5) is 8.78 Å². The molecule has 2 aromatic rings. The Morgan fingerprint density at radius 1 is 0.789 bits per heavy atom. The Bertz CT molecular complexity index is 981. The van der Waals surface area contributed by atoms with E-state index >= 15 is 8.78 Å². The second-order valence-electron chi connectivity index (χ2n) is 12.3. The third-order valence-corrected chi connectivity index (χ3v) is 9.78. The summed E-state index contributed by atoms with van der Waals surface area (Å²) in [5.74, 6) is 2.27. The van der Waals surface area contributed by atoms with Crippen molar-refractivity contribution in [2.75, 3.05) is 7.11 Å². The van der Waals surface area contributed by atoms with Gasteiger partial charge in [-0.15, -0.1) is 0 Å². The SMILES string of the molecule is CCCC1CCC(c2ccc(-c3ccc(CCCCC4CCC(C(CC)OC)CC4)cc3F)cc2F)CC1. The molecule has 210 valence electrons. The van der Waals surface area contributed by atoms with E-state index in [-0.39, 0.29) is 11.6 Å². The molecule has 2 aliphatic carbocycles. The normalized spacial score (nSPS) is 24.9. The molecule has 0 spiro atoms. The molecule has 0 radical (unpaired) electrons. The van der Waals surface area contributed by atoms with Crippen molar-refractivity contribution in [3.63, 3.8) is 0 Å². The third kappa shape index (κ3) is 7.68. The quantitative estimate of drug-likeness (QED) is 0.251. The predicted molar refractivity (Wildman–Crippen MR) is 155 cm³/mol. The molecule has 2 saturated carbocycles. The Balaban J connectivity index is 1.24. The van der Waals surface area contributed by atoms with Gasteiger partial charge in [0.1, 0.15) is 11.6 Å². The molecule has 2 fully saturated rings. The first-order valence-corrected chi connectivity index (χ1v) is 15.6. The molecule has 38 heavy (non-hydrogen) atoms. The lowest BCUT2D eigenvalue weighted by molar-refractivity contribution is 0.0264. The van der Waals surface area contributed by atoms with Crippen molar-refractivity contribution in [2.24, 2.45) is 17.8 Å². The highest BCUT2D eigenvalue weighted by Crippen LogP contribution is 2.39. The second-order valence-corrected chi connectivity index (χ2v) is 12.3. The molecule has 0 N–H and O–H groups in total. The van der Waals surface area contributed by atoms with Gasteiger partial charge in [0.2, 0.25) is 0 Å². The van der Waals surface area contributed by atoms with Crippen molar-refractivity contribution in [3.8, 4) is 11.1 Å². The summed E-state index contributed by atoms with van der Waals surface area (Å²) in [4.78, 5) is 0. The molecule has 2 aliphatic rings. The standard InChI is InChI=1S/C35H50F2O/c1-4-8-25-11-16-28(17-12-25)31-22-20-30(24-34(31)37)32-21-15-27(23-33(32)36)10-7-6-9-26-13-18-29(19-14-26)35(5-2)38-3/h15,20-26,28-29,35H,4-14,16-19H2,1-3H3. The molecule has 1 atom stereocenters. The van der Waals surface area contributed by atoms with Crippen molar-refractivity contribution in [1.29, 1.82) is 0 Å². The zero-order chi connectivity index (χ0) is 26.9. The maximum absolute atomic E-state index is 15.1. The molecule has 0 heterocycles. The van der Waals surface area contributed by atoms with Gasteiger partial charge in [-0.25, -0.2) is 8.78 Å². The predicted octanol–water partition coefficient (Wildman–Crippen LogP) is 10.6. The minimum absolute atomic E-state index is 0.175. The van der Waals surface area contributed by atoms with Crippen LogP contribution < -0.4 is 0 Å². The molecule has 0 aliphatic heterocycles. The van der Waals surface area contributed by atoms with E-state index in [1.807, 2.05) is 31.4 Å². The lowest BCUT2D eigenvalue weighted by Crippen LogP contribution is -2.26. The van der Waals surface area contributed by atoms with Crippen LogP contribution in [0.1, 0.15) is 121 Å². The highest BCUT2D eigenvalue weighted by Gasteiger charge is 2.27. The van der Waals surface area contributed by atoms with Crippen LogP contribution in [0.15, 0.2) is 36.4 Å². The average Bonchev–Trinajstić information content (AvgIpc) is 2.93. The fraction of sp³-hybridized carbons (Fsp3) is 0.657. The van der Waals surface area contributed by atoms with Gasteiger partial charge in [-0.2, -0.15) is 0 Å². The summed E-state index contributed by atoms with van der Waals surface area (Å²) in [7, 11) is 1.85. The fourth-order valence-electron chi connectivity index (χ4n) is 7.45. The first kappa shape index (κ1) is 29.2. The summed E-state index contributed by atoms with van der Waals surface area (Å²) >= 11 is 0. The summed E-state index contributed by atoms with van der Waals surface area (Å²) < 4.78 is 35.8. The van der Waals surface area contributed by atoms with Gasteiger partial charge < -0.3 is 4.74 Å². The number of halogens is 2. The van der Waals surface area contributed by atoms with Crippen molar-refractivity contribution in [2.45, 2.75) is 122 Å². The van der Waals surface area contributed by atoms with Crippen LogP contribution in [-0.2, 0) is 11.2 Å². The number of unbranched alkanes of at least 4 members (excludes halogenated alkanes) is 1. The van der Waals surface area contributed by atoms with E-state index in [9.17, 15) is 0 Å². The molecule has 1 nitrogen and oxygen atoms in total. The number of ether oxygens (including phenoxy) is 1. The number of aryl methyl sites for hydroxylation is 1. The highest BCUT2D eigenvalue weighted by atomic mass is 19.1. The highest BCUT2D eigenvalue weighted by molar-refractivity contribution is 5.65. The molecule has 0 amide bonds. The molecule has 3 heteroatoms. The Morgan fingerprint density at radius 3 is 2.13 bits per heavy atom. The van der Waals surface area contributed by atoms with Crippen molar-refractivity contribution >= 4 is 0 Å². The van der Waals surface area contributed by atoms with E-state index in [4.69, 9.17) is 4.74 Å². The molecule has 0 aromatic heterocycles. The van der Waals surface area contributed by atoms with Crippen LogP contribution in [0.25, 0.3) is 11.1 Å². The van der Waals surface area contributed by atoms with E-state index in [0.717, 1.165) is 61.0 Å².